The number of nitrogens with one attached hydrogen (secondary N) is 2. The smallest absolute Gasteiger partial charge is 0.355 e. The molecule has 3 aromatic rings. The lowest BCUT2D eigenvalue weighted by molar-refractivity contribution is -0.358. The van der Waals surface area contributed by atoms with Crippen LogP contribution >= 0.6 is 0 Å². The van der Waals surface area contributed by atoms with E-state index in [1.54, 1.807) is 6.07 Å². The molecule has 0 radical (unpaired) electrons. The van der Waals surface area contributed by atoms with Crippen LogP contribution in [0.3, 0.4) is 0 Å². The van der Waals surface area contributed by atoms with Gasteiger partial charge in [-0.15, -0.1) is 0 Å². The van der Waals surface area contributed by atoms with Gasteiger partial charge in [-0.2, -0.15) is 18.3 Å². The average molecular weight is 488 g/mol. The lowest BCUT2D eigenvalue weighted by Crippen LogP contribution is -2.46. The van der Waals surface area contributed by atoms with Crippen LogP contribution in [-0.2, 0) is 23.4 Å². The summed E-state index contributed by atoms with van der Waals surface area (Å²) in [4.78, 5) is 27.0. The Bertz CT molecular complexity index is 1240. The highest BCUT2D eigenvalue weighted by Gasteiger charge is 2.54. The van der Waals surface area contributed by atoms with Gasteiger partial charge in [-0.05, 0) is 42.2 Å². The van der Waals surface area contributed by atoms with E-state index >= 15 is 0 Å². The van der Waals surface area contributed by atoms with Crippen molar-refractivity contribution in [1.82, 2.24) is 15.5 Å². The van der Waals surface area contributed by atoms with E-state index in [9.17, 15) is 33.0 Å². The summed E-state index contributed by atoms with van der Waals surface area (Å²) < 4.78 is 39.1. The topological polar surface area (TPSA) is 119 Å². The number of alkyl halides is 3. The van der Waals surface area contributed by atoms with Crippen LogP contribution in [0.25, 0.3) is 0 Å². The van der Waals surface area contributed by atoms with Gasteiger partial charge in [-0.25, -0.2) is 0 Å². The Morgan fingerprint density at radius 2 is 1.89 bits per heavy atom. The Morgan fingerprint density at radius 3 is 2.57 bits per heavy atom. The molecular formula is C24H23F3N4O4. The fraction of sp³-hybridized carbons (Fsp3) is 0.292. The molecule has 0 saturated heterocycles. The Kier molecular flexibility index (Phi) is 6.39. The van der Waals surface area contributed by atoms with Crippen molar-refractivity contribution in [2.75, 3.05) is 11.9 Å². The lowest BCUT2D eigenvalue weighted by Gasteiger charge is -2.26. The molecule has 1 aromatic heterocycles. The molecule has 0 bridgehead atoms. The quantitative estimate of drug-likeness (QED) is 0.412. The summed E-state index contributed by atoms with van der Waals surface area (Å²) >= 11 is 0. The van der Waals surface area contributed by atoms with Crippen molar-refractivity contribution in [1.29, 1.82) is 0 Å². The van der Waals surface area contributed by atoms with Crippen LogP contribution in [-0.4, -0.2) is 51.5 Å². The van der Waals surface area contributed by atoms with E-state index in [0.29, 0.717) is 23.4 Å². The average Bonchev–Trinajstić information content (AvgIpc) is 3.25. The number of carbonyl (C=O) groups excluding carboxylic acids is 2. The first-order chi connectivity index (χ1) is 16.5. The van der Waals surface area contributed by atoms with E-state index in [2.05, 4.69) is 15.5 Å². The molecule has 1 aliphatic heterocycles. The maximum absolute atomic E-state index is 13.0. The number of H-pyrrole nitrogens is 1. The third-order valence-electron chi connectivity index (χ3n) is 5.98. The van der Waals surface area contributed by atoms with E-state index in [0.717, 1.165) is 17.7 Å². The molecule has 2 aromatic carbocycles. The van der Waals surface area contributed by atoms with Crippen molar-refractivity contribution in [3.8, 4) is 0 Å². The van der Waals surface area contributed by atoms with Crippen molar-refractivity contribution in [3.63, 3.8) is 0 Å². The summed E-state index contributed by atoms with van der Waals surface area (Å²) in [6.07, 6.45) is -4.54. The predicted octanol–water partition coefficient (Wildman–Crippen LogP) is 2.41. The molecule has 4 N–H and O–H groups in total. The Balaban J connectivity index is 1.48. The number of anilines is 1. The number of hydrogen-bond acceptors (Lipinski definition) is 5. The third kappa shape index (κ3) is 4.91. The van der Waals surface area contributed by atoms with Gasteiger partial charge in [0.1, 0.15) is 11.7 Å². The van der Waals surface area contributed by atoms with Crippen molar-refractivity contribution in [2.45, 2.75) is 37.3 Å². The number of amides is 2. The summed E-state index contributed by atoms with van der Waals surface area (Å²) in [5.41, 5.74) is 1.73. The van der Waals surface area contributed by atoms with Crippen LogP contribution in [0.5, 0.6) is 0 Å². The number of carbonyl (C=O) groups is 2. The molecule has 8 nitrogen and oxygen atoms in total. The van der Waals surface area contributed by atoms with Gasteiger partial charge in [0.25, 0.3) is 11.7 Å². The second kappa shape index (κ2) is 9.16. The molecule has 0 aliphatic carbocycles. The molecule has 4 rings (SSSR count). The monoisotopic (exact) mass is 488 g/mol. The van der Waals surface area contributed by atoms with Crippen LogP contribution in [0, 0.1) is 0 Å². The molecule has 184 valence electrons. The van der Waals surface area contributed by atoms with Gasteiger partial charge in [-0.3, -0.25) is 14.7 Å². The van der Waals surface area contributed by atoms with Crippen molar-refractivity contribution >= 4 is 17.5 Å². The SMILES string of the molecule is CN1C(=O)[C@@H](NC(=O)c2cc(Cc3ccccc3)[nH]n2)CCc2cc(C(O)(O)C(F)(F)F)ccc21. The minimum Gasteiger partial charge on any atom is -0.355 e. The number of aliphatic hydroxyl groups is 2. The van der Waals surface area contributed by atoms with E-state index < -0.39 is 35.4 Å². The Morgan fingerprint density at radius 1 is 1.17 bits per heavy atom. The zero-order chi connectivity index (χ0) is 25.4. The highest BCUT2D eigenvalue weighted by Crippen LogP contribution is 2.39. The zero-order valence-corrected chi connectivity index (χ0v) is 18.6. The van der Waals surface area contributed by atoms with Crippen LogP contribution in [0.2, 0.25) is 0 Å². The summed E-state index contributed by atoms with van der Waals surface area (Å²) in [6.45, 7) is 0. The summed E-state index contributed by atoms with van der Waals surface area (Å²) in [6, 6.07) is 13.4. The number of fused-ring (bicyclic) bond motifs is 1. The first-order valence-electron chi connectivity index (χ1n) is 10.8. The summed E-state index contributed by atoms with van der Waals surface area (Å²) in [5, 5.41) is 28.6. The first-order valence-corrected chi connectivity index (χ1v) is 10.8. The molecule has 11 heteroatoms. The second-order valence-corrected chi connectivity index (χ2v) is 8.42. The van der Waals surface area contributed by atoms with Gasteiger partial charge in [0.2, 0.25) is 5.91 Å². The first kappa shape index (κ1) is 24.4. The standard InChI is InChI=1S/C24H23F3N4O4/c1-31-20-10-8-16(23(34,35)24(25,26)27)12-15(20)7-9-18(22(31)33)28-21(32)19-13-17(29-30-19)11-14-5-3-2-4-6-14/h2-6,8,10,12-13,18,34-35H,7,9,11H2,1H3,(H,28,32)(H,29,30)/t18-/m0/s1. The van der Waals surface area contributed by atoms with E-state index in [1.807, 2.05) is 30.3 Å². The molecule has 35 heavy (non-hydrogen) atoms. The Hall–Kier alpha value is -3.70. The Labute approximate surface area is 198 Å². The molecule has 0 fully saturated rings. The maximum Gasteiger partial charge on any atom is 0.447 e. The molecule has 0 saturated carbocycles. The van der Waals surface area contributed by atoms with Gasteiger partial charge in [0.05, 0.1) is 0 Å². The van der Waals surface area contributed by atoms with Crippen LogP contribution in [0.4, 0.5) is 18.9 Å². The number of hydrogen-bond donors (Lipinski definition) is 4. The third-order valence-corrected chi connectivity index (χ3v) is 5.98. The fourth-order valence-corrected chi connectivity index (χ4v) is 4.02. The van der Waals surface area contributed by atoms with E-state index in [4.69, 9.17) is 0 Å². The molecule has 1 atom stereocenters. The van der Waals surface area contributed by atoms with Crippen molar-refractivity contribution < 1.29 is 33.0 Å². The van der Waals surface area contributed by atoms with Gasteiger partial charge in [-0.1, -0.05) is 36.4 Å². The molecule has 2 heterocycles. The number of rotatable bonds is 5. The second-order valence-electron chi connectivity index (χ2n) is 8.42. The van der Waals surface area contributed by atoms with Crippen LogP contribution in [0.15, 0.2) is 54.6 Å². The van der Waals surface area contributed by atoms with E-state index in [1.165, 1.54) is 18.0 Å². The molecule has 1 aliphatic rings. The van der Waals surface area contributed by atoms with Gasteiger partial charge in [0, 0.05) is 30.4 Å². The van der Waals surface area contributed by atoms with Crippen LogP contribution in [0.1, 0.15) is 39.3 Å². The molecule has 0 unspecified atom stereocenters. The fourth-order valence-electron chi connectivity index (χ4n) is 4.02. The van der Waals surface area contributed by atoms with Gasteiger partial charge >= 0.3 is 6.18 Å². The number of nitrogens with zero attached hydrogens (tertiary/aromatic N) is 2. The molecule has 2 amide bonds. The molecular weight excluding hydrogens is 465 g/mol. The van der Waals surface area contributed by atoms with Gasteiger partial charge in [0.15, 0.2) is 0 Å². The summed E-state index contributed by atoms with van der Waals surface area (Å²) in [7, 11) is 1.44. The summed E-state index contributed by atoms with van der Waals surface area (Å²) in [5.74, 6) is -5.05. The van der Waals surface area contributed by atoms with E-state index in [-0.39, 0.29) is 18.5 Å². The minimum absolute atomic E-state index is 0.0997. The lowest BCUT2D eigenvalue weighted by atomic mass is 9.98. The predicted molar refractivity (Wildman–Crippen MR) is 119 cm³/mol. The number of aromatic amines is 1. The largest absolute Gasteiger partial charge is 0.447 e. The van der Waals surface area contributed by atoms with Crippen molar-refractivity contribution in [3.05, 3.63) is 82.7 Å². The normalized spacial score (nSPS) is 16.6. The minimum atomic E-state index is -5.30. The highest BCUT2D eigenvalue weighted by molar-refractivity contribution is 6.02. The van der Waals surface area contributed by atoms with Crippen LogP contribution < -0.4 is 10.2 Å². The number of likely N-dealkylation sites (N-methyl/N-ethyl adjacent to an activating group) is 1. The highest BCUT2D eigenvalue weighted by atomic mass is 19.4. The molecule has 0 spiro atoms. The van der Waals surface area contributed by atoms with Crippen molar-refractivity contribution in [2.24, 2.45) is 0 Å². The zero-order valence-electron chi connectivity index (χ0n) is 18.6. The number of benzene rings is 2. The van der Waals surface area contributed by atoms with Gasteiger partial charge < -0.3 is 20.4 Å². The number of aromatic nitrogens is 2. The number of aryl methyl sites for hydroxylation is 1. The number of halogens is 3. The maximum atomic E-state index is 13.0.